The summed E-state index contributed by atoms with van der Waals surface area (Å²) >= 11 is 3.07. The highest BCUT2D eigenvalue weighted by molar-refractivity contribution is 8.01. The van der Waals surface area contributed by atoms with Crippen LogP contribution in [0, 0.1) is 0 Å². The molecule has 33 heavy (non-hydrogen) atoms. The molecule has 0 spiro atoms. The van der Waals surface area contributed by atoms with Gasteiger partial charge in [-0.3, -0.25) is 14.8 Å². The first-order valence-electron chi connectivity index (χ1n) is 10.7. The van der Waals surface area contributed by atoms with Crippen molar-refractivity contribution in [3.63, 3.8) is 0 Å². The van der Waals surface area contributed by atoms with Gasteiger partial charge in [-0.1, -0.05) is 48.6 Å². The Morgan fingerprint density at radius 3 is 2.64 bits per heavy atom. The summed E-state index contributed by atoms with van der Waals surface area (Å²) in [4.78, 5) is 31.1. The van der Waals surface area contributed by atoms with Crippen LogP contribution in [0.2, 0.25) is 0 Å². The number of carbonyl (C=O) groups is 1. The first-order valence-corrected chi connectivity index (χ1v) is 12.3. The van der Waals surface area contributed by atoms with Crippen LogP contribution in [-0.4, -0.2) is 32.4 Å². The Balaban J connectivity index is 1.37. The fourth-order valence-corrected chi connectivity index (χ4v) is 5.14. The van der Waals surface area contributed by atoms with E-state index < -0.39 is 0 Å². The van der Waals surface area contributed by atoms with Gasteiger partial charge in [0.25, 0.3) is 5.91 Å². The van der Waals surface area contributed by atoms with E-state index in [-0.39, 0.29) is 11.8 Å². The third kappa shape index (κ3) is 6.59. The van der Waals surface area contributed by atoms with Gasteiger partial charge in [0.15, 0.2) is 5.13 Å². The number of nitrogens with zero attached hydrogens (tertiary/aromatic N) is 4. The van der Waals surface area contributed by atoms with Crippen LogP contribution < -0.4 is 10.6 Å². The van der Waals surface area contributed by atoms with Gasteiger partial charge in [0.05, 0.1) is 10.4 Å². The second-order valence-corrected chi connectivity index (χ2v) is 9.66. The largest absolute Gasteiger partial charge is 0.350 e. The summed E-state index contributed by atoms with van der Waals surface area (Å²) in [6.45, 7) is 2.66. The molecule has 1 atom stereocenters. The Morgan fingerprint density at radius 1 is 1.03 bits per heavy atom. The highest BCUT2D eigenvalue weighted by Gasteiger charge is 2.15. The smallest absolute Gasteiger partial charge is 0.269 e. The minimum Gasteiger partial charge on any atom is -0.350 e. The Hall–Kier alpha value is -3.30. The van der Waals surface area contributed by atoms with E-state index in [1.165, 1.54) is 11.3 Å². The van der Waals surface area contributed by atoms with Crippen molar-refractivity contribution in [3.05, 3.63) is 84.7 Å². The first-order chi connectivity index (χ1) is 16.2. The van der Waals surface area contributed by atoms with Gasteiger partial charge in [-0.25, -0.2) is 9.97 Å². The number of hydrogen-bond acceptors (Lipinski definition) is 8. The van der Waals surface area contributed by atoms with E-state index in [9.17, 15) is 4.79 Å². The molecular weight excluding hydrogens is 452 g/mol. The van der Waals surface area contributed by atoms with E-state index in [0.717, 1.165) is 38.6 Å². The average Bonchev–Trinajstić information content (AvgIpc) is 3.29. The maximum absolute atomic E-state index is 12.8. The van der Waals surface area contributed by atoms with Crippen LogP contribution in [0.3, 0.4) is 0 Å². The molecule has 4 aromatic rings. The van der Waals surface area contributed by atoms with Crippen LogP contribution in [0.5, 0.6) is 0 Å². The summed E-state index contributed by atoms with van der Waals surface area (Å²) in [6.07, 6.45) is 8.97. The maximum Gasteiger partial charge on any atom is 0.269 e. The average molecular weight is 477 g/mol. The van der Waals surface area contributed by atoms with Crippen molar-refractivity contribution >= 4 is 40.0 Å². The molecule has 0 saturated carbocycles. The van der Waals surface area contributed by atoms with Crippen LogP contribution >= 0.6 is 23.1 Å². The van der Waals surface area contributed by atoms with Crippen molar-refractivity contribution in [2.75, 3.05) is 11.9 Å². The maximum atomic E-state index is 12.8. The predicted molar refractivity (Wildman–Crippen MR) is 132 cm³/mol. The summed E-state index contributed by atoms with van der Waals surface area (Å²) in [5.74, 6) is 0.745. The van der Waals surface area contributed by atoms with Crippen LogP contribution in [-0.2, 0) is 0 Å². The summed E-state index contributed by atoms with van der Waals surface area (Å²) in [7, 11) is 0. The molecule has 7 nitrogen and oxygen atoms in total. The molecule has 4 aromatic heterocycles. The summed E-state index contributed by atoms with van der Waals surface area (Å²) in [5, 5.41) is 6.98. The van der Waals surface area contributed by atoms with Gasteiger partial charge in [0, 0.05) is 41.6 Å². The SMILES string of the molecule is CCCC(CNC(=O)c1cc(Sc2cnc(Nc3ccccn3)s2)ccn1)c1ccccn1. The summed E-state index contributed by atoms with van der Waals surface area (Å²) < 4.78 is 1.00. The van der Waals surface area contributed by atoms with Gasteiger partial charge in [0.2, 0.25) is 0 Å². The molecule has 0 fully saturated rings. The topological polar surface area (TPSA) is 92.7 Å². The van der Waals surface area contributed by atoms with Crippen molar-refractivity contribution in [2.24, 2.45) is 0 Å². The standard InChI is InChI=1S/C24H24N6OS2/c1-2-7-17(19-8-3-5-11-25-19)15-28-23(31)20-14-18(10-13-26-20)32-22-16-29-24(33-22)30-21-9-4-6-12-27-21/h3-6,8-14,16-17H,2,7,15H2,1H3,(H,28,31)(H,27,29,30). The van der Waals surface area contributed by atoms with Gasteiger partial charge < -0.3 is 10.6 Å². The zero-order valence-corrected chi connectivity index (χ0v) is 19.8. The normalized spacial score (nSPS) is 11.7. The number of hydrogen-bond donors (Lipinski definition) is 2. The van der Waals surface area contributed by atoms with E-state index in [1.807, 2.05) is 48.7 Å². The Morgan fingerprint density at radius 2 is 1.88 bits per heavy atom. The van der Waals surface area contributed by atoms with E-state index >= 15 is 0 Å². The lowest BCUT2D eigenvalue weighted by molar-refractivity contribution is 0.0945. The van der Waals surface area contributed by atoms with Crippen LogP contribution in [0.1, 0.15) is 41.9 Å². The number of thiazole rings is 1. The minimum absolute atomic E-state index is 0.180. The van der Waals surface area contributed by atoms with Crippen molar-refractivity contribution in [1.82, 2.24) is 25.3 Å². The van der Waals surface area contributed by atoms with Crippen molar-refractivity contribution < 1.29 is 4.79 Å². The molecule has 0 aliphatic heterocycles. The number of anilines is 2. The van der Waals surface area contributed by atoms with Gasteiger partial charge in [-0.05, 0) is 42.8 Å². The Bertz CT molecular complexity index is 1170. The second-order valence-electron chi connectivity index (χ2n) is 7.25. The lowest BCUT2D eigenvalue weighted by atomic mass is 9.99. The number of amides is 1. The van der Waals surface area contributed by atoms with E-state index in [2.05, 4.69) is 37.5 Å². The van der Waals surface area contributed by atoms with Gasteiger partial charge >= 0.3 is 0 Å². The monoisotopic (exact) mass is 476 g/mol. The van der Waals surface area contributed by atoms with E-state index in [1.54, 1.807) is 36.4 Å². The highest BCUT2D eigenvalue weighted by Crippen LogP contribution is 2.34. The molecule has 0 radical (unpaired) electrons. The number of nitrogens with one attached hydrogen (secondary N) is 2. The predicted octanol–water partition coefficient (Wildman–Crippen LogP) is 5.54. The van der Waals surface area contributed by atoms with Crippen molar-refractivity contribution in [2.45, 2.75) is 34.8 Å². The fraction of sp³-hybridized carbons (Fsp3) is 0.208. The van der Waals surface area contributed by atoms with Crippen LogP contribution in [0.4, 0.5) is 10.9 Å². The molecule has 9 heteroatoms. The van der Waals surface area contributed by atoms with E-state index in [0.29, 0.717) is 12.2 Å². The molecule has 0 aromatic carbocycles. The quantitative estimate of drug-likeness (QED) is 0.310. The third-order valence-corrected chi connectivity index (χ3v) is 6.82. The number of rotatable bonds is 10. The third-order valence-electron chi connectivity index (χ3n) is 4.82. The number of aromatic nitrogens is 4. The van der Waals surface area contributed by atoms with Crippen LogP contribution in [0.15, 0.2) is 82.4 Å². The first kappa shape index (κ1) is 22.9. The molecule has 4 heterocycles. The summed E-state index contributed by atoms with van der Waals surface area (Å²) in [5.41, 5.74) is 1.39. The van der Waals surface area contributed by atoms with E-state index in [4.69, 9.17) is 0 Å². The van der Waals surface area contributed by atoms with Crippen molar-refractivity contribution in [1.29, 1.82) is 0 Å². The van der Waals surface area contributed by atoms with Crippen LogP contribution in [0.25, 0.3) is 0 Å². The lowest BCUT2D eigenvalue weighted by Gasteiger charge is -2.16. The molecule has 0 saturated heterocycles. The molecule has 4 rings (SSSR count). The minimum atomic E-state index is -0.184. The second kappa shape index (κ2) is 11.5. The van der Waals surface area contributed by atoms with Gasteiger partial charge in [-0.15, -0.1) is 0 Å². The molecule has 168 valence electrons. The van der Waals surface area contributed by atoms with Crippen molar-refractivity contribution in [3.8, 4) is 0 Å². The zero-order valence-electron chi connectivity index (χ0n) is 18.1. The Kier molecular flexibility index (Phi) is 7.99. The highest BCUT2D eigenvalue weighted by atomic mass is 32.2. The molecule has 0 bridgehead atoms. The lowest BCUT2D eigenvalue weighted by Crippen LogP contribution is -2.29. The molecule has 0 aliphatic carbocycles. The molecule has 0 aliphatic rings. The Labute approximate surface area is 201 Å². The molecule has 2 N–H and O–H groups in total. The molecule has 1 amide bonds. The van der Waals surface area contributed by atoms with Gasteiger partial charge in [-0.2, -0.15) is 0 Å². The number of pyridine rings is 3. The van der Waals surface area contributed by atoms with Gasteiger partial charge in [0.1, 0.15) is 11.5 Å². The fourth-order valence-electron chi connectivity index (χ4n) is 3.25. The molecular formula is C24H24N6OS2. The molecule has 1 unspecified atom stereocenters. The number of carbonyl (C=O) groups excluding carboxylic acids is 1. The summed E-state index contributed by atoms with van der Waals surface area (Å²) in [6, 6.07) is 15.3. The zero-order chi connectivity index (χ0) is 22.9.